The number of carbonyl (C=O) groups excluding carboxylic acids is 7. The molecule has 0 unspecified atom stereocenters. The Morgan fingerprint density at radius 2 is 0.724 bits per heavy atom. The zero-order valence-electron chi connectivity index (χ0n) is 44.1. The van der Waals surface area contributed by atoms with E-state index in [-0.39, 0.29) is 108 Å². The van der Waals surface area contributed by atoms with Crippen LogP contribution in [0.4, 0.5) is 0 Å². The Morgan fingerprint density at radius 3 is 1.03 bits per heavy atom. The molecule has 9 atom stereocenters. The lowest BCUT2D eigenvalue weighted by Gasteiger charge is -2.29. The highest BCUT2D eigenvalue weighted by atomic mass is 32.2. The fourth-order valence-electron chi connectivity index (χ4n) is 7.26. The van der Waals surface area contributed by atoms with Crippen LogP contribution >= 0.6 is 11.8 Å². The second kappa shape index (κ2) is 41.0. The van der Waals surface area contributed by atoms with Crippen LogP contribution < -0.4 is 94.6 Å². The Balaban J connectivity index is 6.84. The summed E-state index contributed by atoms with van der Waals surface area (Å²) < 4.78 is 0. The molecule has 30 nitrogen and oxygen atoms in total. The molecule has 0 aliphatic rings. The summed E-state index contributed by atoms with van der Waals surface area (Å²) in [6.45, 7) is 2.17. The van der Waals surface area contributed by atoms with Gasteiger partial charge < -0.3 is 105 Å². The molecule has 0 rings (SSSR count). The van der Waals surface area contributed by atoms with E-state index < -0.39 is 102 Å². The minimum atomic E-state index is -1.75. The van der Waals surface area contributed by atoms with E-state index in [4.69, 9.17) is 57.3 Å². The largest absolute Gasteiger partial charge is 0.480 e. The van der Waals surface area contributed by atoms with E-state index in [9.17, 15) is 48.6 Å². The molecule has 0 aromatic rings. The van der Waals surface area contributed by atoms with Crippen LogP contribution in [0, 0.1) is 0 Å². The van der Waals surface area contributed by atoms with Gasteiger partial charge in [0.1, 0.15) is 42.3 Å². The van der Waals surface area contributed by atoms with Crippen LogP contribution in [0.15, 0.2) is 15.0 Å². The van der Waals surface area contributed by atoms with Crippen molar-refractivity contribution in [3.05, 3.63) is 0 Å². The molecule has 0 heterocycles. The summed E-state index contributed by atoms with van der Waals surface area (Å²) in [6, 6.07) is -10.6. The van der Waals surface area contributed by atoms with E-state index in [0.29, 0.717) is 57.2 Å². The van der Waals surface area contributed by atoms with Crippen molar-refractivity contribution in [3.63, 3.8) is 0 Å². The Morgan fingerprint density at radius 1 is 0.434 bits per heavy atom. The van der Waals surface area contributed by atoms with Gasteiger partial charge in [-0.2, -0.15) is 11.8 Å². The third-order valence-electron chi connectivity index (χ3n) is 11.5. The molecular formula is C45H90N20O10S. The number of carboxylic acids is 1. The number of hydrogen-bond acceptors (Lipinski definition) is 17. The standard InChI is InChI=1S/C45H90N20O10S/c1-26(66)34(41(73)63-32(16-10-23-57-44(52)53)38(70)62-31(15-9-22-56-43(50)51)39(71)64-33(42(74)75)17-11-24-58-45(54)55)65-40(72)30(14-5-8-21-48)61-37(69)29(13-4-7-20-47)60-36(68)28(12-3-6-19-46)59-35(67)27(49)18-25-76-2/h26-34,66H,3-25,46-49H2,1-2H3,(H,59,67)(H,60,68)(H,61,69)(H,62,70)(H,63,73)(H,64,71)(H,65,72)(H,74,75)(H4,50,51,56)(H4,52,53,57)(H4,54,55,58)/t26-,27+,28+,29+,30+,31+,32+,33+,34+/m1/s1. The van der Waals surface area contributed by atoms with Crippen molar-refractivity contribution >= 4 is 77.0 Å². The Kier molecular flexibility index (Phi) is 37.6. The van der Waals surface area contributed by atoms with E-state index in [1.54, 1.807) is 0 Å². The molecule has 0 spiro atoms. The van der Waals surface area contributed by atoms with Gasteiger partial charge in [0.05, 0.1) is 12.1 Å². The number of guanidine groups is 3. The van der Waals surface area contributed by atoms with Gasteiger partial charge in [-0.1, -0.05) is 0 Å². The Labute approximate surface area is 449 Å². The molecular weight excluding hydrogens is 1010 g/mol. The Hall–Kier alpha value is -6.28. The molecule has 76 heavy (non-hydrogen) atoms. The van der Waals surface area contributed by atoms with Crippen LogP contribution in [-0.2, 0) is 38.4 Å². The van der Waals surface area contributed by atoms with Crippen molar-refractivity contribution in [2.45, 2.75) is 164 Å². The molecule has 0 aliphatic heterocycles. The van der Waals surface area contributed by atoms with Gasteiger partial charge in [-0.25, -0.2) is 4.79 Å². The van der Waals surface area contributed by atoms with Gasteiger partial charge in [0.25, 0.3) is 0 Å². The molecule has 0 fully saturated rings. The number of thioether (sulfide) groups is 1. The number of hydrogen-bond donors (Lipinski definition) is 19. The van der Waals surface area contributed by atoms with Crippen molar-refractivity contribution < 1.29 is 48.6 Å². The predicted octanol–water partition coefficient (Wildman–Crippen LogP) is -6.53. The summed E-state index contributed by atoms with van der Waals surface area (Å²) in [5, 5.41) is 38.9. The number of aliphatic hydroxyl groups excluding tert-OH is 1. The minimum Gasteiger partial charge on any atom is -0.480 e. The van der Waals surface area contributed by atoms with Crippen LogP contribution in [0.2, 0.25) is 0 Å². The number of carboxylic acid groups (broad SMARTS) is 1. The van der Waals surface area contributed by atoms with Gasteiger partial charge in [0, 0.05) is 19.6 Å². The molecule has 0 aromatic carbocycles. The Bertz CT molecular complexity index is 1870. The lowest BCUT2D eigenvalue weighted by molar-refractivity contribution is -0.142. The zero-order valence-corrected chi connectivity index (χ0v) is 45.0. The van der Waals surface area contributed by atoms with Crippen LogP contribution in [0.1, 0.15) is 110 Å². The molecule has 7 amide bonds. The van der Waals surface area contributed by atoms with E-state index >= 15 is 0 Å². The van der Waals surface area contributed by atoms with Gasteiger partial charge in [-0.3, -0.25) is 48.5 Å². The average Bonchev–Trinajstić information content (AvgIpc) is 3.35. The van der Waals surface area contributed by atoms with Crippen LogP contribution in [0.25, 0.3) is 0 Å². The van der Waals surface area contributed by atoms with Crippen molar-refractivity contribution in [3.8, 4) is 0 Å². The van der Waals surface area contributed by atoms with E-state index in [2.05, 4.69) is 52.2 Å². The van der Waals surface area contributed by atoms with Crippen LogP contribution in [-0.4, -0.2) is 181 Å². The predicted molar refractivity (Wildman–Crippen MR) is 292 cm³/mol. The van der Waals surface area contributed by atoms with Gasteiger partial charge in [-0.15, -0.1) is 0 Å². The molecule has 29 N–H and O–H groups in total. The highest BCUT2D eigenvalue weighted by molar-refractivity contribution is 7.98. The van der Waals surface area contributed by atoms with Crippen molar-refractivity contribution in [2.24, 2.45) is 72.3 Å². The molecule has 0 saturated carbocycles. The summed E-state index contributed by atoms with van der Waals surface area (Å²) in [4.78, 5) is 121. The first kappa shape index (κ1) is 69.7. The fourth-order valence-corrected chi connectivity index (χ4v) is 7.74. The lowest BCUT2D eigenvalue weighted by atomic mass is 10.0. The number of aliphatic hydroxyl groups is 1. The van der Waals surface area contributed by atoms with Gasteiger partial charge in [0.2, 0.25) is 41.4 Å². The topological polar surface area (TPSA) is 559 Å². The average molecular weight is 1100 g/mol. The number of nitrogens with two attached hydrogens (primary N) is 10. The molecule has 0 aliphatic carbocycles. The number of aliphatic carboxylic acids is 1. The quantitative estimate of drug-likeness (QED) is 0.0153. The first-order valence-corrected chi connectivity index (χ1v) is 27.0. The first-order chi connectivity index (χ1) is 36.0. The molecule has 0 saturated heterocycles. The first-order valence-electron chi connectivity index (χ1n) is 25.6. The second-order valence-electron chi connectivity index (χ2n) is 18.0. The highest BCUT2D eigenvalue weighted by Crippen LogP contribution is 2.11. The lowest BCUT2D eigenvalue weighted by Crippen LogP contribution is -2.61. The van der Waals surface area contributed by atoms with Gasteiger partial charge in [-0.05, 0) is 141 Å². The summed E-state index contributed by atoms with van der Waals surface area (Å²) in [5.74, 6) is -7.23. The number of amides is 7. The summed E-state index contributed by atoms with van der Waals surface area (Å²) in [5.41, 5.74) is 55.9. The van der Waals surface area contributed by atoms with Gasteiger partial charge in [0.15, 0.2) is 17.9 Å². The fraction of sp³-hybridized carbons (Fsp3) is 0.756. The third kappa shape index (κ3) is 31.6. The second-order valence-corrected chi connectivity index (χ2v) is 19.0. The maximum atomic E-state index is 14.2. The molecule has 31 heteroatoms. The van der Waals surface area contributed by atoms with Gasteiger partial charge >= 0.3 is 5.97 Å². The smallest absolute Gasteiger partial charge is 0.326 e. The van der Waals surface area contributed by atoms with E-state index in [1.807, 2.05) is 6.26 Å². The van der Waals surface area contributed by atoms with E-state index in [0.717, 1.165) is 0 Å². The van der Waals surface area contributed by atoms with Crippen molar-refractivity contribution in [2.75, 3.05) is 51.3 Å². The summed E-state index contributed by atoms with van der Waals surface area (Å²) in [7, 11) is 0. The number of aliphatic imine (C=N–C) groups is 3. The SMILES string of the molecule is CSCC[C@H](N)C(=O)N[C@@H](CCCCN)C(=O)N[C@@H](CCCCN)C(=O)N[C@@H](CCCCN)C(=O)N[C@H](C(=O)N[C@@H](CCCN=C(N)N)C(=O)N[C@@H](CCCN=C(N)N)C(=O)N[C@@H](CCCN=C(N)N)C(=O)O)[C@@H](C)O. The normalized spacial score (nSPS) is 14.5. The number of carbonyl (C=O) groups is 8. The van der Waals surface area contributed by atoms with E-state index in [1.165, 1.54) is 18.7 Å². The highest BCUT2D eigenvalue weighted by Gasteiger charge is 2.35. The summed E-state index contributed by atoms with van der Waals surface area (Å²) >= 11 is 1.51. The number of unbranched alkanes of at least 4 members (excludes halogenated alkanes) is 3. The van der Waals surface area contributed by atoms with Crippen LogP contribution in [0.5, 0.6) is 0 Å². The van der Waals surface area contributed by atoms with Crippen molar-refractivity contribution in [1.29, 1.82) is 0 Å². The van der Waals surface area contributed by atoms with Crippen LogP contribution in [0.3, 0.4) is 0 Å². The number of rotatable bonds is 43. The zero-order chi connectivity index (χ0) is 57.6. The molecule has 0 bridgehead atoms. The molecule has 0 aromatic heterocycles. The summed E-state index contributed by atoms with van der Waals surface area (Å²) in [6.07, 6.45) is 3.61. The number of nitrogens with one attached hydrogen (secondary N) is 7. The maximum Gasteiger partial charge on any atom is 0.326 e. The third-order valence-corrected chi connectivity index (χ3v) is 12.1. The number of nitrogens with zero attached hydrogens (tertiary/aromatic N) is 3. The minimum absolute atomic E-state index is 0.000440. The monoisotopic (exact) mass is 1100 g/mol. The van der Waals surface area contributed by atoms with Crippen molar-refractivity contribution in [1.82, 2.24) is 37.2 Å². The maximum absolute atomic E-state index is 14.2. The molecule has 0 radical (unpaired) electrons. The molecule has 436 valence electrons.